The molecule has 0 radical (unpaired) electrons. The number of anilines is 1. The lowest BCUT2D eigenvalue weighted by Gasteiger charge is -2.06. The minimum absolute atomic E-state index is 0.180. The topological polar surface area (TPSA) is 83.6 Å². The lowest BCUT2D eigenvalue weighted by molar-refractivity contribution is -0.113. The predicted octanol–water partition coefficient (Wildman–Crippen LogP) is 3.74. The number of aromatic nitrogens is 3. The van der Waals surface area contributed by atoms with Crippen molar-refractivity contribution in [2.24, 2.45) is 7.05 Å². The largest absolute Gasteiger partial charge is 0.325 e. The Bertz CT molecular complexity index is 978. The molecular formula is C18H14ClN5OS. The highest BCUT2D eigenvalue weighted by atomic mass is 35.5. The summed E-state index contributed by atoms with van der Waals surface area (Å²) in [6.07, 6.45) is 0. The van der Waals surface area contributed by atoms with Crippen molar-refractivity contribution in [3.8, 4) is 17.5 Å². The van der Waals surface area contributed by atoms with Gasteiger partial charge in [0.2, 0.25) is 5.91 Å². The van der Waals surface area contributed by atoms with Crippen molar-refractivity contribution in [1.29, 1.82) is 5.26 Å². The molecule has 0 saturated heterocycles. The first-order valence-electron chi connectivity index (χ1n) is 7.65. The Balaban J connectivity index is 1.64. The number of nitriles is 1. The lowest BCUT2D eigenvalue weighted by Crippen LogP contribution is -2.14. The van der Waals surface area contributed by atoms with Crippen molar-refractivity contribution in [2.75, 3.05) is 11.1 Å². The van der Waals surface area contributed by atoms with E-state index in [0.29, 0.717) is 27.3 Å². The van der Waals surface area contributed by atoms with E-state index in [1.807, 2.05) is 29.8 Å². The maximum absolute atomic E-state index is 12.1. The first-order valence-corrected chi connectivity index (χ1v) is 9.01. The molecule has 6 nitrogen and oxygen atoms in total. The van der Waals surface area contributed by atoms with Crippen LogP contribution in [0.1, 0.15) is 5.56 Å². The minimum Gasteiger partial charge on any atom is -0.325 e. The smallest absolute Gasteiger partial charge is 0.234 e. The summed E-state index contributed by atoms with van der Waals surface area (Å²) in [6, 6.07) is 16.1. The molecule has 0 spiro atoms. The minimum atomic E-state index is -0.180. The average molecular weight is 384 g/mol. The van der Waals surface area contributed by atoms with Crippen molar-refractivity contribution in [3.05, 3.63) is 59.1 Å². The van der Waals surface area contributed by atoms with Gasteiger partial charge in [0.1, 0.15) is 0 Å². The van der Waals surface area contributed by atoms with Crippen molar-refractivity contribution >= 4 is 35.0 Å². The average Bonchev–Trinajstić information content (AvgIpc) is 3.01. The predicted molar refractivity (Wildman–Crippen MR) is 102 cm³/mol. The van der Waals surface area contributed by atoms with Gasteiger partial charge in [0, 0.05) is 23.3 Å². The van der Waals surface area contributed by atoms with Gasteiger partial charge in [0.15, 0.2) is 11.0 Å². The van der Waals surface area contributed by atoms with Crippen molar-refractivity contribution in [2.45, 2.75) is 5.16 Å². The molecule has 0 bridgehead atoms. The van der Waals surface area contributed by atoms with Crippen molar-refractivity contribution in [1.82, 2.24) is 14.8 Å². The Kier molecular flexibility index (Phi) is 5.56. The summed E-state index contributed by atoms with van der Waals surface area (Å²) in [5.74, 6) is 0.705. The summed E-state index contributed by atoms with van der Waals surface area (Å²) in [5, 5.41) is 21.3. The van der Waals surface area contributed by atoms with Crippen LogP contribution in [0.25, 0.3) is 11.4 Å². The van der Waals surface area contributed by atoms with Gasteiger partial charge in [-0.1, -0.05) is 29.4 Å². The number of hydrogen-bond donors (Lipinski definition) is 1. The molecule has 1 aromatic heterocycles. The number of thioether (sulfide) groups is 1. The Hall–Kier alpha value is -2.82. The summed E-state index contributed by atoms with van der Waals surface area (Å²) >= 11 is 7.19. The van der Waals surface area contributed by atoms with Crippen LogP contribution in [0.3, 0.4) is 0 Å². The molecule has 26 heavy (non-hydrogen) atoms. The van der Waals surface area contributed by atoms with Gasteiger partial charge < -0.3 is 9.88 Å². The number of carbonyl (C=O) groups is 1. The normalized spacial score (nSPS) is 10.3. The fourth-order valence-corrected chi connectivity index (χ4v) is 3.12. The van der Waals surface area contributed by atoms with E-state index in [1.54, 1.807) is 36.4 Å². The first kappa shape index (κ1) is 18.0. The van der Waals surface area contributed by atoms with Crippen LogP contribution in [0.15, 0.2) is 53.7 Å². The fourth-order valence-electron chi connectivity index (χ4n) is 2.28. The molecule has 0 aliphatic heterocycles. The number of nitrogens with zero attached hydrogens (tertiary/aromatic N) is 4. The molecule has 8 heteroatoms. The molecule has 1 amide bonds. The van der Waals surface area contributed by atoms with Gasteiger partial charge in [-0.2, -0.15) is 5.26 Å². The van der Waals surface area contributed by atoms with Gasteiger partial charge >= 0.3 is 0 Å². The zero-order chi connectivity index (χ0) is 18.5. The standard InChI is InChI=1S/C18H14ClN5OS/c1-24-17(13-5-7-14(19)8-6-13)22-23-18(24)26-11-16(25)21-15-4-2-3-12(9-15)10-20/h2-9H,11H2,1H3,(H,21,25). The highest BCUT2D eigenvalue weighted by molar-refractivity contribution is 7.99. The molecule has 2 aromatic carbocycles. The number of nitrogens with one attached hydrogen (secondary N) is 1. The van der Waals surface area contributed by atoms with Crippen molar-refractivity contribution < 1.29 is 4.79 Å². The van der Waals surface area contributed by atoms with Gasteiger partial charge in [-0.3, -0.25) is 4.79 Å². The third kappa shape index (κ3) is 4.23. The quantitative estimate of drug-likeness (QED) is 0.678. The summed E-state index contributed by atoms with van der Waals surface area (Å²) in [6.45, 7) is 0. The number of rotatable bonds is 5. The molecule has 0 fully saturated rings. The van der Waals surface area contributed by atoms with Crippen LogP contribution in [0.5, 0.6) is 0 Å². The van der Waals surface area contributed by atoms with E-state index >= 15 is 0 Å². The molecule has 1 N–H and O–H groups in total. The van der Waals surface area contributed by atoms with E-state index < -0.39 is 0 Å². The molecule has 130 valence electrons. The third-order valence-corrected chi connectivity index (χ3v) is 4.82. The Labute approximate surface area is 159 Å². The zero-order valence-electron chi connectivity index (χ0n) is 13.8. The van der Waals surface area contributed by atoms with Crippen molar-refractivity contribution in [3.63, 3.8) is 0 Å². The molecule has 1 heterocycles. The second-order valence-corrected chi connectivity index (χ2v) is 6.78. The van der Waals surface area contributed by atoms with E-state index in [9.17, 15) is 4.79 Å². The Morgan fingerprint density at radius 1 is 1.27 bits per heavy atom. The summed E-state index contributed by atoms with van der Waals surface area (Å²) in [4.78, 5) is 12.1. The third-order valence-electron chi connectivity index (χ3n) is 3.55. The van der Waals surface area contributed by atoms with Crippen LogP contribution < -0.4 is 5.32 Å². The van der Waals surface area contributed by atoms with Crippen LogP contribution in [0.4, 0.5) is 5.69 Å². The fraction of sp³-hybridized carbons (Fsp3) is 0.111. The van der Waals surface area contributed by atoms with E-state index in [1.165, 1.54) is 11.8 Å². The first-order chi connectivity index (χ1) is 12.6. The molecule has 3 aromatic rings. The molecule has 0 aliphatic rings. The molecular weight excluding hydrogens is 370 g/mol. The van der Waals surface area contributed by atoms with Crippen LogP contribution in [-0.2, 0) is 11.8 Å². The molecule has 0 atom stereocenters. The molecule has 0 unspecified atom stereocenters. The second-order valence-electron chi connectivity index (χ2n) is 5.40. The zero-order valence-corrected chi connectivity index (χ0v) is 15.4. The van der Waals surface area contributed by atoms with Gasteiger partial charge in [-0.05, 0) is 42.5 Å². The van der Waals surface area contributed by atoms with E-state index in [4.69, 9.17) is 16.9 Å². The number of amides is 1. The van der Waals surface area contributed by atoms with E-state index in [2.05, 4.69) is 15.5 Å². The monoisotopic (exact) mass is 383 g/mol. The maximum atomic E-state index is 12.1. The number of hydrogen-bond acceptors (Lipinski definition) is 5. The van der Waals surface area contributed by atoms with Gasteiger partial charge in [0.05, 0.1) is 17.4 Å². The number of halogens is 1. The van der Waals surface area contributed by atoms with E-state index in [-0.39, 0.29) is 11.7 Å². The molecule has 0 saturated carbocycles. The van der Waals surface area contributed by atoms with Gasteiger partial charge in [-0.25, -0.2) is 0 Å². The lowest BCUT2D eigenvalue weighted by atomic mass is 10.2. The Morgan fingerprint density at radius 2 is 2.04 bits per heavy atom. The SMILES string of the molecule is Cn1c(SCC(=O)Nc2cccc(C#N)c2)nnc1-c1ccc(Cl)cc1. The Morgan fingerprint density at radius 3 is 2.77 bits per heavy atom. The van der Waals surface area contributed by atoms with Crippen LogP contribution in [-0.4, -0.2) is 26.4 Å². The van der Waals surface area contributed by atoms with Crippen LogP contribution >= 0.6 is 23.4 Å². The summed E-state index contributed by atoms with van der Waals surface area (Å²) < 4.78 is 1.83. The van der Waals surface area contributed by atoms with Gasteiger partial charge in [-0.15, -0.1) is 10.2 Å². The maximum Gasteiger partial charge on any atom is 0.234 e. The van der Waals surface area contributed by atoms with Crippen LogP contribution in [0.2, 0.25) is 5.02 Å². The highest BCUT2D eigenvalue weighted by Gasteiger charge is 2.13. The number of carbonyl (C=O) groups excluding carboxylic acids is 1. The second kappa shape index (κ2) is 8.04. The molecule has 0 aliphatic carbocycles. The number of benzene rings is 2. The summed E-state index contributed by atoms with van der Waals surface area (Å²) in [5.41, 5.74) is 1.99. The van der Waals surface area contributed by atoms with E-state index in [0.717, 1.165) is 5.56 Å². The molecule has 3 rings (SSSR count). The highest BCUT2D eigenvalue weighted by Crippen LogP contribution is 2.24. The van der Waals surface area contributed by atoms with Gasteiger partial charge in [0.25, 0.3) is 0 Å². The van der Waals surface area contributed by atoms with Crippen LogP contribution in [0, 0.1) is 11.3 Å². The summed E-state index contributed by atoms with van der Waals surface area (Å²) in [7, 11) is 1.85.